The fourth-order valence-corrected chi connectivity index (χ4v) is 2.53. The van der Waals surface area contributed by atoms with Gasteiger partial charge in [-0.1, -0.05) is 24.3 Å². The summed E-state index contributed by atoms with van der Waals surface area (Å²) in [4.78, 5) is 27.0. The Hall–Kier alpha value is -3.29. The summed E-state index contributed by atoms with van der Waals surface area (Å²) in [5, 5.41) is 0.881. The van der Waals surface area contributed by atoms with E-state index in [0.717, 1.165) is 34.7 Å². The smallest absolute Gasteiger partial charge is 0.361 e. The van der Waals surface area contributed by atoms with Crippen LogP contribution in [0.3, 0.4) is 0 Å². The summed E-state index contributed by atoms with van der Waals surface area (Å²) in [6.07, 6.45) is -2.85. The fraction of sp³-hybridized carbons (Fsp3) is 0.111. The molecule has 0 unspecified atom stereocenters. The van der Waals surface area contributed by atoms with E-state index in [-0.39, 0.29) is 12.0 Å². The lowest BCUT2D eigenvalue weighted by Crippen LogP contribution is -2.42. The minimum absolute atomic E-state index is 0.00683. The van der Waals surface area contributed by atoms with Gasteiger partial charge in [0.15, 0.2) is 0 Å². The zero-order valence-electron chi connectivity index (χ0n) is 13.4. The topological polar surface area (TPSA) is 74.0 Å². The molecule has 0 bridgehead atoms. The monoisotopic (exact) mass is 361 g/mol. The summed E-state index contributed by atoms with van der Waals surface area (Å²) >= 11 is 0. The summed E-state index contributed by atoms with van der Waals surface area (Å²) in [7, 11) is 0. The number of alkyl halides is 3. The van der Waals surface area contributed by atoms with Crippen LogP contribution in [0.15, 0.2) is 54.7 Å². The zero-order chi connectivity index (χ0) is 18.7. The van der Waals surface area contributed by atoms with Crippen molar-refractivity contribution in [2.75, 3.05) is 0 Å². The maximum Gasteiger partial charge on any atom is 0.416 e. The lowest BCUT2D eigenvalue weighted by atomic mass is 10.1. The van der Waals surface area contributed by atoms with Crippen molar-refractivity contribution < 1.29 is 22.8 Å². The second-order valence-corrected chi connectivity index (χ2v) is 5.62. The number of nitrogens with one attached hydrogen (secondary N) is 3. The van der Waals surface area contributed by atoms with Gasteiger partial charge < -0.3 is 4.98 Å². The van der Waals surface area contributed by atoms with Gasteiger partial charge in [0, 0.05) is 22.7 Å². The number of H-pyrrole nitrogens is 1. The van der Waals surface area contributed by atoms with E-state index in [4.69, 9.17) is 0 Å². The Labute approximate surface area is 146 Å². The van der Waals surface area contributed by atoms with Gasteiger partial charge in [0.05, 0.1) is 12.0 Å². The first kappa shape index (κ1) is 17.5. The molecule has 0 aliphatic carbocycles. The predicted molar refractivity (Wildman–Crippen MR) is 89.1 cm³/mol. The molecule has 8 heteroatoms. The van der Waals surface area contributed by atoms with E-state index in [0.29, 0.717) is 0 Å². The van der Waals surface area contributed by atoms with Crippen molar-refractivity contribution in [1.29, 1.82) is 0 Å². The van der Waals surface area contributed by atoms with Crippen LogP contribution < -0.4 is 10.9 Å². The molecule has 134 valence electrons. The highest BCUT2D eigenvalue weighted by molar-refractivity contribution is 5.96. The number of carbonyl (C=O) groups excluding carboxylic acids is 2. The Bertz CT molecular complexity index is 963. The van der Waals surface area contributed by atoms with E-state index >= 15 is 0 Å². The first-order valence-electron chi connectivity index (χ1n) is 7.66. The molecule has 1 aromatic heterocycles. The summed E-state index contributed by atoms with van der Waals surface area (Å²) < 4.78 is 38.0. The van der Waals surface area contributed by atoms with Gasteiger partial charge in [0.25, 0.3) is 5.91 Å². The zero-order valence-corrected chi connectivity index (χ0v) is 13.4. The van der Waals surface area contributed by atoms with E-state index in [1.807, 2.05) is 24.3 Å². The summed E-state index contributed by atoms with van der Waals surface area (Å²) in [6.45, 7) is 0. The first-order chi connectivity index (χ1) is 12.3. The number of benzene rings is 2. The van der Waals surface area contributed by atoms with Gasteiger partial charge in [-0.25, -0.2) is 0 Å². The van der Waals surface area contributed by atoms with Crippen LogP contribution in [0.5, 0.6) is 0 Å². The number of carbonyl (C=O) groups is 2. The predicted octanol–water partition coefficient (Wildman–Crippen LogP) is 3.19. The number of aromatic nitrogens is 1. The van der Waals surface area contributed by atoms with Crippen LogP contribution in [0.4, 0.5) is 13.2 Å². The van der Waals surface area contributed by atoms with Gasteiger partial charge in [-0.2, -0.15) is 13.2 Å². The molecule has 5 nitrogen and oxygen atoms in total. The van der Waals surface area contributed by atoms with Crippen LogP contribution in [0.2, 0.25) is 0 Å². The number of hydrogen-bond donors (Lipinski definition) is 3. The van der Waals surface area contributed by atoms with E-state index in [1.54, 1.807) is 6.20 Å². The molecule has 3 aromatic rings. The second-order valence-electron chi connectivity index (χ2n) is 5.62. The Kier molecular flexibility index (Phi) is 4.66. The molecule has 3 N–H and O–H groups in total. The Morgan fingerprint density at radius 1 is 1.00 bits per heavy atom. The lowest BCUT2D eigenvalue weighted by molar-refractivity contribution is -0.137. The van der Waals surface area contributed by atoms with Gasteiger partial charge in [-0.3, -0.25) is 20.4 Å². The summed E-state index contributed by atoms with van der Waals surface area (Å²) in [6, 6.07) is 11.4. The largest absolute Gasteiger partial charge is 0.416 e. The van der Waals surface area contributed by atoms with Crippen molar-refractivity contribution in [2.45, 2.75) is 12.6 Å². The molecule has 2 amide bonds. The van der Waals surface area contributed by atoms with E-state index < -0.39 is 23.6 Å². The van der Waals surface area contributed by atoms with Crippen LogP contribution in [-0.4, -0.2) is 16.8 Å². The minimum atomic E-state index is -4.55. The number of hydrogen-bond acceptors (Lipinski definition) is 2. The van der Waals surface area contributed by atoms with Crippen molar-refractivity contribution in [2.24, 2.45) is 0 Å². The van der Waals surface area contributed by atoms with Gasteiger partial charge in [-0.05, 0) is 29.8 Å². The summed E-state index contributed by atoms with van der Waals surface area (Å²) in [5.74, 6) is -1.32. The highest BCUT2D eigenvalue weighted by Gasteiger charge is 2.30. The van der Waals surface area contributed by atoms with E-state index in [1.165, 1.54) is 6.07 Å². The van der Waals surface area contributed by atoms with Crippen molar-refractivity contribution in [3.63, 3.8) is 0 Å². The molecule has 1 heterocycles. The number of amides is 2. The molecule has 0 saturated heterocycles. The Balaban J connectivity index is 1.62. The number of halogens is 3. The van der Waals surface area contributed by atoms with Gasteiger partial charge in [0.2, 0.25) is 5.91 Å². The van der Waals surface area contributed by atoms with Gasteiger partial charge >= 0.3 is 6.18 Å². The molecule has 0 saturated carbocycles. The molecule has 0 fully saturated rings. The number of para-hydroxylation sites is 1. The molecule has 0 spiro atoms. The number of hydrazine groups is 1. The lowest BCUT2D eigenvalue weighted by Gasteiger charge is -2.10. The third-order valence-corrected chi connectivity index (χ3v) is 3.79. The molecular weight excluding hydrogens is 347 g/mol. The average Bonchev–Trinajstić information content (AvgIpc) is 3.02. The Morgan fingerprint density at radius 3 is 2.54 bits per heavy atom. The van der Waals surface area contributed by atoms with Crippen LogP contribution in [0, 0.1) is 0 Å². The minimum Gasteiger partial charge on any atom is -0.361 e. The number of rotatable bonds is 3. The molecule has 0 atom stereocenters. The highest BCUT2D eigenvalue weighted by atomic mass is 19.4. The fourth-order valence-electron chi connectivity index (χ4n) is 2.53. The van der Waals surface area contributed by atoms with Crippen molar-refractivity contribution in [3.8, 4) is 0 Å². The second kappa shape index (κ2) is 6.91. The van der Waals surface area contributed by atoms with Crippen LogP contribution in [-0.2, 0) is 17.4 Å². The molecular formula is C18H14F3N3O2. The SMILES string of the molecule is O=C(Cc1c[nH]c2ccccc12)NNC(=O)c1cccc(C(F)(F)F)c1. The summed E-state index contributed by atoms with van der Waals surface area (Å²) in [5.41, 5.74) is 4.81. The van der Waals surface area contributed by atoms with Crippen LogP contribution in [0.1, 0.15) is 21.5 Å². The first-order valence-corrected chi connectivity index (χ1v) is 7.66. The van der Waals surface area contributed by atoms with Crippen molar-refractivity contribution in [1.82, 2.24) is 15.8 Å². The maximum absolute atomic E-state index is 12.7. The van der Waals surface area contributed by atoms with Crippen molar-refractivity contribution in [3.05, 3.63) is 71.4 Å². The normalized spacial score (nSPS) is 11.3. The van der Waals surface area contributed by atoms with Crippen LogP contribution in [0.25, 0.3) is 10.9 Å². The number of aromatic amines is 1. The maximum atomic E-state index is 12.7. The third kappa shape index (κ3) is 3.85. The average molecular weight is 361 g/mol. The Morgan fingerprint density at radius 2 is 1.77 bits per heavy atom. The molecule has 3 rings (SSSR count). The van der Waals surface area contributed by atoms with Crippen LogP contribution >= 0.6 is 0 Å². The van der Waals surface area contributed by atoms with Crippen molar-refractivity contribution >= 4 is 22.7 Å². The molecule has 26 heavy (non-hydrogen) atoms. The van der Waals surface area contributed by atoms with E-state index in [2.05, 4.69) is 15.8 Å². The molecule has 0 radical (unpaired) electrons. The third-order valence-electron chi connectivity index (χ3n) is 3.79. The number of fused-ring (bicyclic) bond motifs is 1. The quantitative estimate of drug-likeness (QED) is 0.627. The van der Waals surface area contributed by atoms with Gasteiger partial charge in [0.1, 0.15) is 0 Å². The van der Waals surface area contributed by atoms with E-state index in [9.17, 15) is 22.8 Å². The van der Waals surface area contributed by atoms with Gasteiger partial charge in [-0.15, -0.1) is 0 Å². The standard InChI is InChI=1S/C18H14F3N3O2/c19-18(20,21)13-5-3-4-11(8-13)17(26)24-23-16(25)9-12-10-22-15-7-2-1-6-14(12)15/h1-8,10,22H,9H2,(H,23,25)(H,24,26). The molecule has 2 aromatic carbocycles. The molecule has 0 aliphatic heterocycles. The molecule has 0 aliphatic rings. The highest BCUT2D eigenvalue weighted by Crippen LogP contribution is 2.29.